The van der Waals surface area contributed by atoms with Crippen LogP contribution in [0.1, 0.15) is 15.9 Å². The highest BCUT2D eigenvalue weighted by Crippen LogP contribution is 2.27. The van der Waals surface area contributed by atoms with Crippen LogP contribution in [0.3, 0.4) is 0 Å². The fourth-order valence-corrected chi connectivity index (χ4v) is 3.27. The van der Waals surface area contributed by atoms with E-state index in [-0.39, 0.29) is 5.91 Å². The Morgan fingerprint density at radius 2 is 1.85 bits per heavy atom. The number of morpholine rings is 1. The van der Waals surface area contributed by atoms with Crippen molar-refractivity contribution in [1.29, 1.82) is 0 Å². The first-order valence-corrected chi connectivity index (χ1v) is 9.02. The van der Waals surface area contributed by atoms with Gasteiger partial charge >= 0.3 is 0 Å². The highest BCUT2D eigenvalue weighted by Gasteiger charge is 2.20. The van der Waals surface area contributed by atoms with Gasteiger partial charge in [0.15, 0.2) is 0 Å². The van der Waals surface area contributed by atoms with Crippen molar-refractivity contribution >= 4 is 11.6 Å². The van der Waals surface area contributed by atoms with E-state index in [2.05, 4.69) is 17.0 Å². The van der Waals surface area contributed by atoms with Gasteiger partial charge in [-0.2, -0.15) is 0 Å². The van der Waals surface area contributed by atoms with Gasteiger partial charge in [0.2, 0.25) is 0 Å². The van der Waals surface area contributed by atoms with Crippen LogP contribution in [0.2, 0.25) is 0 Å². The molecule has 0 radical (unpaired) electrons. The van der Waals surface area contributed by atoms with Gasteiger partial charge in [0.25, 0.3) is 5.91 Å². The summed E-state index contributed by atoms with van der Waals surface area (Å²) in [5.74, 6) is 1.07. The fraction of sp³-hybridized carbons (Fsp3) is 0.381. The van der Waals surface area contributed by atoms with Gasteiger partial charge in [0.05, 0.1) is 33.0 Å². The number of para-hydroxylation sites is 1. The molecular formula is C21H26N2O4. The van der Waals surface area contributed by atoms with Crippen LogP contribution < -0.4 is 14.4 Å². The first-order chi connectivity index (χ1) is 13.1. The van der Waals surface area contributed by atoms with Gasteiger partial charge in [-0.15, -0.1) is 0 Å². The van der Waals surface area contributed by atoms with Gasteiger partial charge in [-0.25, -0.2) is 0 Å². The van der Waals surface area contributed by atoms with Crippen molar-refractivity contribution in [3.05, 3.63) is 53.6 Å². The summed E-state index contributed by atoms with van der Waals surface area (Å²) in [7, 11) is 4.95. The van der Waals surface area contributed by atoms with Crippen LogP contribution in [0.25, 0.3) is 0 Å². The van der Waals surface area contributed by atoms with Crippen LogP contribution >= 0.6 is 0 Å². The van der Waals surface area contributed by atoms with Crippen molar-refractivity contribution in [2.75, 3.05) is 52.5 Å². The fourth-order valence-electron chi connectivity index (χ4n) is 3.27. The van der Waals surface area contributed by atoms with Crippen LogP contribution in [0, 0.1) is 0 Å². The van der Waals surface area contributed by atoms with Gasteiger partial charge in [0, 0.05) is 38.4 Å². The van der Waals surface area contributed by atoms with Crippen LogP contribution in [-0.4, -0.2) is 58.4 Å². The number of benzene rings is 2. The lowest BCUT2D eigenvalue weighted by Crippen LogP contribution is -2.37. The summed E-state index contributed by atoms with van der Waals surface area (Å²) in [6, 6.07) is 13.4. The minimum Gasteiger partial charge on any atom is -0.497 e. The third-order valence-electron chi connectivity index (χ3n) is 4.74. The summed E-state index contributed by atoms with van der Waals surface area (Å²) < 4.78 is 16.0. The second-order valence-corrected chi connectivity index (χ2v) is 6.46. The molecule has 144 valence electrons. The molecule has 0 spiro atoms. The topological polar surface area (TPSA) is 51.2 Å². The number of hydrogen-bond donors (Lipinski definition) is 0. The molecule has 1 amide bonds. The van der Waals surface area contributed by atoms with Gasteiger partial charge < -0.3 is 24.0 Å². The van der Waals surface area contributed by atoms with Crippen molar-refractivity contribution in [2.45, 2.75) is 6.54 Å². The third-order valence-corrected chi connectivity index (χ3v) is 4.74. The Bertz CT molecular complexity index is 788. The summed E-state index contributed by atoms with van der Waals surface area (Å²) in [5, 5.41) is 0. The van der Waals surface area contributed by atoms with E-state index in [0.29, 0.717) is 23.6 Å². The molecule has 0 saturated carbocycles. The lowest BCUT2D eigenvalue weighted by atomic mass is 10.1. The van der Waals surface area contributed by atoms with Crippen LogP contribution in [0.15, 0.2) is 42.5 Å². The summed E-state index contributed by atoms with van der Waals surface area (Å²) in [5.41, 5.74) is 2.79. The number of amides is 1. The van der Waals surface area contributed by atoms with Gasteiger partial charge in [-0.3, -0.25) is 4.79 Å². The van der Waals surface area contributed by atoms with E-state index in [1.165, 1.54) is 0 Å². The quantitative estimate of drug-likeness (QED) is 0.783. The Kier molecular flexibility index (Phi) is 6.19. The summed E-state index contributed by atoms with van der Waals surface area (Å²) >= 11 is 0. The predicted molar refractivity (Wildman–Crippen MR) is 105 cm³/mol. The molecule has 27 heavy (non-hydrogen) atoms. The number of carbonyl (C=O) groups excluding carboxylic acids is 1. The van der Waals surface area contributed by atoms with Crippen molar-refractivity contribution in [1.82, 2.24) is 4.90 Å². The minimum atomic E-state index is -0.0914. The Morgan fingerprint density at radius 1 is 1.11 bits per heavy atom. The normalized spacial score (nSPS) is 14.0. The van der Waals surface area contributed by atoms with Crippen molar-refractivity contribution in [2.24, 2.45) is 0 Å². The summed E-state index contributed by atoms with van der Waals surface area (Å²) in [6.45, 7) is 3.70. The Labute approximate surface area is 160 Å². The zero-order chi connectivity index (χ0) is 19.2. The van der Waals surface area contributed by atoms with E-state index in [4.69, 9.17) is 14.2 Å². The van der Waals surface area contributed by atoms with Crippen LogP contribution in [-0.2, 0) is 11.3 Å². The Morgan fingerprint density at radius 3 is 2.56 bits per heavy atom. The number of rotatable bonds is 6. The number of anilines is 1. The largest absolute Gasteiger partial charge is 0.497 e. The average Bonchev–Trinajstić information content (AvgIpc) is 2.73. The molecule has 3 rings (SSSR count). The molecule has 0 atom stereocenters. The van der Waals surface area contributed by atoms with Gasteiger partial charge in [-0.1, -0.05) is 18.2 Å². The van der Waals surface area contributed by atoms with Crippen molar-refractivity contribution in [3.63, 3.8) is 0 Å². The van der Waals surface area contributed by atoms with E-state index in [9.17, 15) is 4.79 Å². The molecule has 6 heteroatoms. The summed E-state index contributed by atoms with van der Waals surface area (Å²) in [4.78, 5) is 17.0. The molecule has 1 aliphatic rings. The average molecular weight is 370 g/mol. The van der Waals surface area contributed by atoms with E-state index >= 15 is 0 Å². The maximum Gasteiger partial charge on any atom is 0.257 e. The molecule has 1 saturated heterocycles. The number of methoxy groups -OCH3 is 2. The predicted octanol–water partition coefficient (Wildman–Crippen LogP) is 2.81. The molecule has 0 N–H and O–H groups in total. The SMILES string of the molecule is COc1ccc(C(=O)N(C)Cc2ccccc2N2CCOCC2)c(OC)c1. The standard InChI is InChI=1S/C21H26N2O4/c1-22(21(24)18-9-8-17(25-2)14-20(18)26-3)15-16-6-4-5-7-19(16)23-10-12-27-13-11-23/h4-9,14H,10-13,15H2,1-3H3. The highest BCUT2D eigenvalue weighted by molar-refractivity contribution is 5.97. The van der Waals surface area contributed by atoms with E-state index < -0.39 is 0 Å². The van der Waals surface area contributed by atoms with E-state index in [1.54, 1.807) is 37.3 Å². The first kappa shape index (κ1) is 19.0. The molecular weight excluding hydrogens is 344 g/mol. The molecule has 1 heterocycles. The zero-order valence-electron chi connectivity index (χ0n) is 16.1. The molecule has 0 unspecified atom stereocenters. The Balaban J connectivity index is 1.79. The van der Waals surface area contributed by atoms with Crippen LogP contribution in [0.5, 0.6) is 11.5 Å². The highest BCUT2D eigenvalue weighted by atomic mass is 16.5. The van der Waals surface area contributed by atoms with E-state index in [0.717, 1.165) is 37.6 Å². The maximum atomic E-state index is 13.0. The zero-order valence-corrected chi connectivity index (χ0v) is 16.1. The number of nitrogens with zero attached hydrogens (tertiary/aromatic N) is 2. The molecule has 0 aromatic heterocycles. The molecule has 6 nitrogen and oxygen atoms in total. The van der Waals surface area contributed by atoms with Crippen LogP contribution in [0.4, 0.5) is 5.69 Å². The molecule has 1 fully saturated rings. The smallest absolute Gasteiger partial charge is 0.257 e. The van der Waals surface area contributed by atoms with Gasteiger partial charge in [-0.05, 0) is 23.8 Å². The number of hydrogen-bond acceptors (Lipinski definition) is 5. The van der Waals surface area contributed by atoms with Gasteiger partial charge in [0.1, 0.15) is 11.5 Å². The third kappa shape index (κ3) is 4.34. The summed E-state index contributed by atoms with van der Waals surface area (Å²) in [6.07, 6.45) is 0. The molecule has 1 aliphatic heterocycles. The lowest BCUT2D eigenvalue weighted by molar-refractivity contribution is 0.0781. The number of carbonyl (C=O) groups is 1. The van der Waals surface area contributed by atoms with E-state index in [1.807, 2.05) is 19.2 Å². The monoisotopic (exact) mass is 370 g/mol. The molecule has 2 aromatic rings. The molecule has 0 aliphatic carbocycles. The minimum absolute atomic E-state index is 0.0914. The molecule has 0 bridgehead atoms. The van der Waals surface area contributed by atoms with Crippen molar-refractivity contribution < 1.29 is 19.0 Å². The first-order valence-electron chi connectivity index (χ1n) is 9.02. The molecule has 2 aromatic carbocycles. The maximum absolute atomic E-state index is 13.0. The number of ether oxygens (including phenoxy) is 3. The second kappa shape index (κ2) is 8.77. The lowest BCUT2D eigenvalue weighted by Gasteiger charge is -2.31. The Hall–Kier alpha value is -2.73. The second-order valence-electron chi connectivity index (χ2n) is 6.46. The van der Waals surface area contributed by atoms with Crippen molar-refractivity contribution in [3.8, 4) is 11.5 Å².